The Kier molecular flexibility index (Phi) is 4.47. The van der Waals surface area contributed by atoms with Crippen LogP contribution in [0, 0.1) is 11.7 Å². The smallest absolute Gasteiger partial charge is 0.264 e. The van der Waals surface area contributed by atoms with Gasteiger partial charge in [-0.3, -0.25) is 9.59 Å². The summed E-state index contributed by atoms with van der Waals surface area (Å²) >= 11 is 0. The lowest BCUT2D eigenvalue weighted by molar-refractivity contribution is -0.125. The minimum atomic E-state index is -0.295. The van der Waals surface area contributed by atoms with Gasteiger partial charge in [-0.25, -0.2) is 14.5 Å². The summed E-state index contributed by atoms with van der Waals surface area (Å²) in [5, 5.41) is 9.44. The summed E-state index contributed by atoms with van der Waals surface area (Å²) in [5.74, 6) is 0.318. The van der Waals surface area contributed by atoms with Crippen LogP contribution in [0.15, 0.2) is 29.1 Å². The summed E-state index contributed by atoms with van der Waals surface area (Å²) in [6.07, 6.45) is 2.48. The second-order valence-corrected chi connectivity index (χ2v) is 6.90. The summed E-state index contributed by atoms with van der Waals surface area (Å²) in [6.45, 7) is 0.454. The number of carbonyl (C=O) groups excluding carboxylic acids is 1. The Balaban J connectivity index is 1.38. The van der Waals surface area contributed by atoms with Gasteiger partial charge in [-0.1, -0.05) is 0 Å². The van der Waals surface area contributed by atoms with E-state index in [0.29, 0.717) is 32.2 Å². The Labute approximate surface area is 154 Å². The van der Waals surface area contributed by atoms with Crippen LogP contribution in [0.3, 0.4) is 0 Å². The van der Waals surface area contributed by atoms with Crippen molar-refractivity contribution in [2.75, 3.05) is 6.54 Å². The molecule has 4 rings (SSSR count). The van der Waals surface area contributed by atoms with E-state index in [-0.39, 0.29) is 23.2 Å². The highest BCUT2D eigenvalue weighted by molar-refractivity contribution is 5.79. The Morgan fingerprint density at radius 1 is 1.41 bits per heavy atom. The number of rotatable bonds is 4. The average Bonchev–Trinajstić information content (AvgIpc) is 2.96. The Hall–Kier alpha value is -3.03. The van der Waals surface area contributed by atoms with E-state index in [0.717, 1.165) is 28.1 Å². The van der Waals surface area contributed by atoms with Crippen molar-refractivity contribution in [3.05, 3.63) is 57.5 Å². The van der Waals surface area contributed by atoms with Gasteiger partial charge in [0.25, 0.3) is 5.56 Å². The zero-order valence-corrected chi connectivity index (χ0v) is 15.0. The molecule has 1 amide bonds. The summed E-state index contributed by atoms with van der Waals surface area (Å²) in [5.41, 5.74) is 2.95. The van der Waals surface area contributed by atoms with Crippen molar-refractivity contribution >= 4 is 16.9 Å². The lowest BCUT2D eigenvalue weighted by Crippen LogP contribution is -2.36. The van der Waals surface area contributed by atoms with Crippen molar-refractivity contribution in [3.8, 4) is 0 Å². The second kappa shape index (κ2) is 6.94. The highest BCUT2D eigenvalue weighted by Gasteiger charge is 2.25. The number of benzene rings is 1. The van der Waals surface area contributed by atoms with Crippen molar-refractivity contribution in [3.63, 3.8) is 0 Å². The van der Waals surface area contributed by atoms with E-state index in [4.69, 9.17) is 0 Å². The maximum atomic E-state index is 13.4. The highest BCUT2D eigenvalue weighted by atomic mass is 19.1. The number of nitrogens with zero attached hydrogens (tertiary/aromatic N) is 3. The lowest BCUT2D eigenvalue weighted by atomic mass is 9.86. The van der Waals surface area contributed by atoms with Gasteiger partial charge in [0.2, 0.25) is 5.91 Å². The SMILES string of the molecule is Cn1c(CCNC(=O)C2CCc3n[nH]c(=O)cc3C2)nc2ccc(F)cc21. The van der Waals surface area contributed by atoms with Gasteiger partial charge in [-0.05, 0) is 43.0 Å². The largest absolute Gasteiger partial charge is 0.355 e. The van der Waals surface area contributed by atoms with Crippen molar-refractivity contribution in [1.82, 2.24) is 25.1 Å². The van der Waals surface area contributed by atoms with Gasteiger partial charge in [-0.15, -0.1) is 0 Å². The third-order valence-electron chi connectivity index (χ3n) is 5.13. The molecule has 7 nitrogen and oxygen atoms in total. The molecular weight excluding hydrogens is 349 g/mol. The minimum absolute atomic E-state index is 0.0225. The van der Waals surface area contributed by atoms with Gasteiger partial charge in [-0.2, -0.15) is 5.10 Å². The fourth-order valence-corrected chi connectivity index (χ4v) is 3.64. The molecule has 0 saturated carbocycles. The summed E-state index contributed by atoms with van der Waals surface area (Å²) < 4.78 is 15.2. The van der Waals surface area contributed by atoms with Crippen LogP contribution in [-0.4, -0.2) is 32.2 Å². The molecule has 0 bridgehead atoms. The molecule has 1 aromatic carbocycles. The first kappa shape index (κ1) is 17.4. The van der Waals surface area contributed by atoms with Gasteiger partial charge in [0, 0.05) is 32.0 Å². The number of halogens is 1. The van der Waals surface area contributed by atoms with Crippen molar-refractivity contribution < 1.29 is 9.18 Å². The highest BCUT2D eigenvalue weighted by Crippen LogP contribution is 2.23. The van der Waals surface area contributed by atoms with Gasteiger partial charge in [0.05, 0.1) is 16.7 Å². The van der Waals surface area contributed by atoms with Crippen LogP contribution in [0.1, 0.15) is 23.5 Å². The number of carbonyl (C=O) groups is 1. The van der Waals surface area contributed by atoms with Gasteiger partial charge < -0.3 is 9.88 Å². The van der Waals surface area contributed by atoms with Crippen molar-refractivity contribution in [2.45, 2.75) is 25.7 Å². The molecule has 0 fully saturated rings. The van der Waals surface area contributed by atoms with Crippen LogP contribution in [0.2, 0.25) is 0 Å². The fraction of sp³-hybridized carbons (Fsp3) is 0.368. The van der Waals surface area contributed by atoms with Crippen LogP contribution < -0.4 is 10.9 Å². The molecule has 0 radical (unpaired) electrons. The first-order chi connectivity index (χ1) is 13.0. The molecule has 0 saturated heterocycles. The Morgan fingerprint density at radius 2 is 2.26 bits per heavy atom. The number of H-pyrrole nitrogens is 1. The summed E-state index contributed by atoms with van der Waals surface area (Å²) in [4.78, 5) is 28.4. The summed E-state index contributed by atoms with van der Waals surface area (Å²) in [7, 11) is 1.84. The van der Waals surface area contributed by atoms with Crippen molar-refractivity contribution in [2.24, 2.45) is 13.0 Å². The number of hydrogen-bond acceptors (Lipinski definition) is 4. The van der Waals surface area contributed by atoms with E-state index in [2.05, 4.69) is 20.5 Å². The molecule has 0 aliphatic heterocycles. The number of imidazole rings is 1. The predicted octanol–water partition coefficient (Wildman–Crippen LogP) is 1.26. The first-order valence-electron chi connectivity index (χ1n) is 8.97. The molecule has 140 valence electrons. The van der Waals surface area contributed by atoms with Crippen LogP contribution in [0.4, 0.5) is 4.39 Å². The second-order valence-electron chi connectivity index (χ2n) is 6.90. The Morgan fingerprint density at radius 3 is 3.11 bits per heavy atom. The van der Waals surface area contributed by atoms with E-state index in [1.165, 1.54) is 18.2 Å². The number of aryl methyl sites for hydroxylation is 2. The molecule has 1 aliphatic carbocycles. The lowest BCUT2D eigenvalue weighted by Gasteiger charge is -2.22. The maximum Gasteiger partial charge on any atom is 0.264 e. The average molecular weight is 369 g/mol. The molecule has 2 aromatic heterocycles. The number of hydrogen-bond donors (Lipinski definition) is 2. The third kappa shape index (κ3) is 3.47. The first-order valence-corrected chi connectivity index (χ1v) is 8.97. The van der Waals surface area contributed by atoms with E-state index >= 15 is 0 Å². The van der Waals surface area contributed by atoms with E-state index in [1.54, 1.807) is 6.07 Å². The van der Waals surface area contributed by atoms with E-state index in [9.17, 15) is 14.0 Å². The van der Waals surface area contributed by atoms with Gasteiger partial charge in [0.1, 0.15) is 11.6 Å². The monoisotopic (exact) mass is 369 g/mol. The summed E-state index contributed by atoms with van der Waals surface area (Å²) in [6, 6.07) is 6.03. The molecule has 3 aromatic rings. The molecule has 1 unspecified atom stereocenters. The fourth-order valence-electron chi connectivity index (χ4n) is 3.64. The topological polar surface area (TPSA) is 92.7 Å². The number of nitrogens with one attached hydrogen (secondary N) is 2. The normalized spacial score (nSPS) is 16.3. The molecule has 27 heavy (non-hydrogen) atoms. The standard InChI is InChI=1S/C19H20FN5O2/c1-25-16-10-13(20)3-5-15(16)22-17(25)6-7-21-19(27)11-2-4-14-12(8-11)9-18(26)24-23-14/h3,5,9-11H,2,4,6-8H2,1H3,(H,21,27)(H,24,26). The van der Waals surface area contributed by atoms with E-state index in [1.807, 2.05) is 11.6 Å². The van der Waals surface area contributed by atoms with Crippen LogP contribution in [0.25, 0.3) is 11.0 Å². The van der Waals surface area contributed by atoms with Crippen LogP contribution >= 0.6 is 0 Å². The zero-order chi connectivity index (χ0) is 19.0. The van der Waals surface area contributed by atoms with Crippen LogP contribution in [0.5, 0.6) is 0 Å². The number of aromatic amines is 1. The minimum Gasteiger partial charge on any atom is -0.355 e. The third-order valence-corrected chi connectivity index (χ3v) is 5.13. The van der Waals surface area contributed by atoms with Gasteiger partial charge in [0.15, 0.2) is 0 Å². The number of fused-ring (bicyclic) bond motifs is 2. The molecular formula is C19H20FN5O2. The molecule has 8 heteroatoms. The molecule has 1 aliphatic rings. The van der Waals surface area contributed by atoms with Crippen LogP contribution in [-0.2, 0) is 31.1 Å². The van der Waals surface area contributed by atoms with E-state index < -0.39 is 0 Å². The quantitative estimate of drug-likeness (QED) is 0.724. The maximum absolute atomic E-state index is 13.4. The number of amides is 1. The Bertz CT molecular complexity index is 1070. The molecule has 2 heterocycles. The zero-order valence-electron chi connectivity index (χ0n) is 15.0. The number of aromatic nitrogens is 4. The molecule has 1 atom stereocenters. The molecule has 2 N–H and O–H groups in total. The van der Waals surface area contributed by atoms with Crippen molar-refractivity contribution in [1.29, 1.82) is 0 Å². The predicted molar refractivity (Wildman–Crippen MR) is 97.8 cm³/mol. The molecule has 0 spiro atoms. The van der Waals surface area contributed by atoms with Gasteiger partial charge >= 0.3 is 0 Å².